The molecule has 0 aromatic heterocycles. The lowest BCUT2D eigenvalue weighted by Gasteiger charge is -2.24. The maximum absolute atomic E-state index is 11.3. The number of sulfone groups is 1. The van der Waals surface area contributed by atoms with Gasteiger partial charge < -0.3 is 5.32 Å². The highest BCUT2D eigenvalue weighted by Gasteiger charge is 2.23. The van der Waals surface area contributed by atoms with Crippen molar-refractivity contribution in [2.75, 3.05) is 16.8 Å². The first kappa shape index (κ1) is 13.4. The molecule has 0 bridgehead atoms. The summed E-state index contributed by atoms with van der Waals surface area (Å²) in [5.41, 5.74) is 1.01. The SMILES string of the molecule is O=S1(=O)CCC(Nc2ccc(Br)cc2Br)CC1. The maximum Gasteiger partial charge on any atom is 0.150 e. The second-order valence-electron chi connectivity index (χ2n) is 4.19. The number of hydrogen-bond donors (Lipinski definition) is 1. The molecule has 0 radical (unpaired) electrons. The lowest BCUT2D eigenvalue weighted by atomic mass is 10.1. The zero-order valence-electron chi connectivity index (χ0n) is 9.12. The van der Waals surface area contributed by atoms with E-state index in [2.05, 4.69) is 37.2 Å². The van der Waals surface area contributed by atoms with Crippen LogP contribution in [0.2, 0.25) is 0 Å². The highest BCUT2D eigenvalue weighted by molar-refractivity contribution is 9.11. The average molecular weight is 383 g/mol. The van der Waals surface area contributed by atoms with Gasteiger partial charge in [-0.2, -0.15) is 0 Å². The van der Waals surface area contributed by atoms with Crippen LogP contribution in [0.25, 0.3) is 0 Å². The third-order valence-electron chi connectivity index (χ3n) is 2.85. The van der Waals surface area contributed by atoms with E-state index in [0.29, 0.717) is 24.3 Å². The fraction of sp³-hybridized carbons (Fsp3) is 0.455. The first-order chi connectivity index (χ1) is 7.96. The van der Waals surface area contributed by atoms with E-state index >= 15 is 0 Å². The Labute approximate surface area is 118 Å². The Hall–Kier alpha value is -0.0700. The standard InChI is InChI=1S/C11H13Br2NO2S/c12-8-1-2-11(10(13)7-8)14-9-3-5-17(15,16)6-4-9/h1-2,7,9,14H,3-6H2. The van der Waals surface area contributed by atoms with Crippen LogP contribution in [0.15, 0.2) is 27.1 Å². The van der Waals surface area contributed by atoms with E-state index in [1.54, 1.807) is 0 Å². The van der Waals surface area contributed by atoms with Gasteiger partial charge in [0.15, 0.2) is 0 Å². The molecule has 3 nitrogen and oxygen atoms in total. The average Bonchev–Trinajstić information content (AvgIpc) is 2.25. The lowest BCUT2D eigenvalue weighted by Crippen LogP contribution is -2.32. The number of hydrogen-bond acceptors (Lipinski definition) is 3. The molecule has 0 atom stereocenters. The third kappa shape index (κ3) is 3.69. The number of anilines is 1. The Kier molecular flexibility index (Phi) is 4.15. The molecule has 1 N–H and O–H groups in total. The zero-order valence-corrected chi connectivity index (χ0v) is 13.1. The molecule has 0 spiro atoms. The minimum Gasteiger partial charge on any atom is -0.381 e. The molecular weight excluding hydrogens is 370 g/mol. The normalized spacial score (nSPS) is 20.1. The monoisotopic (exact) mass is 381 g/mol. The van der Waals surface area contributed by atoms with Crippen molar-refractivity contribution in [3.8, 4) is 0 Å². The predicted octanol–water partition coefficient (Wildman–Crippen LogP) is 3.20. The van der Waals surface area contributed by atoms with E-state index in [0.717, 1.165) is 14.6 Å². The Bertz CT molecular complexity index is 502. The molecule has 17 heavy (non-hydrogen) atoms. The van der Waals surface area contributed by atoms with Crippen molar-refractivity contribution in [3.05, 3.63) is 27.1 Å². The Morgan fingerprint density at radius 3 is 2.41 bits per heavy atom. The van der Waals surface area contributed by atoms with Crippen LogP contribution < -0.4 is 5.32 Å². The van der Waals surface area contributed by atoms with E-state index in [1.807, 2.05) is 18.2 Å². The van der Waals surface area contributed by atoms with Crippen LogP contribution in [-0.4, -0.2) is 26.0 Å². The summed E-state index contributed by atoms with van der Waals surface area (Å²) in [4.78, 5) is 0. The number of halogens is 2. The molecule has 0 unspecified atom stereocenters. The molecule has 1 heterocycles. The first-order valence-corrected chi connectivity index (χ1v) is 8.79. The van der Waals surface area contributed by atoms with Crippen LogP contribution in [0.4, 0.5) is 5.69 Å². The van der Waals surface area contributed by atoms with E-state index in [-0.39, 0.29) is 6.04 Å². The largest absolute Gasteiger partial charge is 0.381 e. The quantitative estimate of drug-likeness (QED) is 0.854. The molecular formula is C11H13Br2NO2S. The molecule has 94 valence electrons. The van der Waals surface area contributed by atoms with Crippen molar-refractivity contribution in [1.29, 1.82) is 0 Å². The van der Waals surface area contributed by atoms with Crippen molar-refractivity contribution in [2.45, 2.75) is 18.9 Å². The Morgan fingerprint density at radius 1 is 1.18 bits per heavy atom. The van der Waals surface area contributed by atoms with E-state index in [9.17, 15) is 8.42 Å². The molecule has 1 aromatic carbocycles. The zero-order chi connectivity index (χ0) is 12.5. The molecule has 0 aliphatic carbocycles. The molecule has 0 saturated carbocycles. The van der Waals surface area contributed by atoms with Gasteiger partial charge in [0.25, 0.3) is 0 Å². The Morgan fingerprint density at radius 2 is 1.82 bits per heavy atom. The molecule has 6 heteroatoms. The summed E-state index contributed by atoms with van der Waals surface area (Å²) in [6.07, 6.45) is 1.37. The van der Waals surface area contributed by atoms with Crippen LogP contribution in [-0.2, 0) is 9.84 Å². The van der Waals surface area contributed by atoms with Crippen molar-refractivity contribution >= 4 is 47.4 Å². The predicted molar refractivity (Wildman–Crippen MR) is 77.1 cm³/mol. The van der Waals surface area contributed by atoms with Crippen LogP contribution in [0.5, 0.6) is 0 Å². The Balaban J connectivity index is 2.02. The van der Waals surface area contributed by atoms with Gasteiger partial charge >= 0.3 is 0 Å². The number of rotatable bonds is 2. The number of nitrogens with one attached hydrogen (secondary N) is 1. The summed E-state index contributed by atoms with van der Waals surface area (Å²) in [6.45, 7) is 0. The van der Waals surface area contributed by atoms with Gasteiger partial charge in [-0.1, -0.05) is 15.9 Å². The second kappa shape index (κ2) is 5.28. The van der Waals surface area contributed by atoms with Gasteiger partial charge in [-0.05, 0) is 47.0 Å². The van der Waals surface area contributed by atoms with Gasteiger partial charge in [0, 0.05) is 20.7 Å². The van der Waals surface area contributed by atoms with Crippen molar-refractivity contribution in [3.63, 3.8) is 0 Å². The summed E-state index contributed by atoms with van der Waals surface area (Å²) < 4.78 is 24.6. The lowest BCUT2D eigenvalue weighted by molar-refractivity contribution is 0.559. The van der Waals surface area contributed by atoms with Crippen LogP contribution in [0, 0.1) is 0 Å². The first-order valence-electron chi connectivity index (χ1n) is 5.38. The topological polar surface area (TPSA) is 46.2 Å². The molecule has 1 saturated heterocycles. The summed E-state index contributed by atoms with van der Waals surface area (Å²) >= 11 is 6.88. The molecule has 1 aliphatic rings. The fourth-order valence-electron chi connectivity index (χ4n) is 1.86. The van der Waals surface area contributed by atoms with Gasteiger partial charge in [-0.3, -0.25) is 0 Å². The highest BCUT2D eigenvalue weighted by Crippen LogP contribution is 2.28. The third-order valence-corrected chi connectivity index (χ3v) is 5.71. The second-order valence-corrected chi connectivity index (χ2v) is 8.27. The molecule has 2 rings (SSSR count). The van der Waals surface area contributed by atoms with Crippen LogP contribution >= 0.6 is 31.9 Å². The van der Waals surface area contributed by atoms with Crippen LogP contribution in [0.1, 0.15) is 12.8 Å². The highest BCUT2D eigenvalue weighted by atomic mass is 79.9. The van der Waals surface area contributed by atoms with Gasteiger partial charge in [0.05, 0.1) is 11.5 Å². The summed E-state index contributed by atoms with van der Waals surface area (Å²) in [5, 5.41) is 3.38. The maximum atomic E-state index is 11.3. The fourth-order valence-corrected chi connectivity index (χ4v) is 4.51. The molecule has 1 aromatic rings. The van der Waals surface area contributed by atoms with Gasteiger partial charge in [0.1, 0.15) is 9.84 Å². The van der Waals surface area contributed by atoms with E-state index < -0.39 is 9.84 Å². The van der Waals surface area contributed by atoms with Crippen LogP contribution in [0.3, 0.4) is 0 Å². The summed E-state index contributed by atoms with van der Waals surface area (Å²) in [5.74, 6) is 0.581. The molecule has 0 amide bonds. The summed E-state index contributed by atoms with van der Waals surface area (Å²) in [6, 6.07) is 6.17. The van der Waals surface area contributed by atoms with E-state index in [1.165, 1.54) is 0 Å². The van der Waals surface area contributed by atoms with Crippen molar-refractivity contribution in [1.82, 2.24) is 0 Å². The van der Waals surface area contributed by atoms with Gasteiger partial charge in [0.2, 0.25) is 0 Å². The van der Waals surface area contributed by atoms with Crippen molar-refractivity contribution < 1.29 is 8.42 Å². The summed E-state index contributed by atoms with van der Waals surface area (Å²) in [7, 11) is -2.78. The van der Waals surface area contributed by atoms with E-state index in [4.69, 9.17) is 0 Å². The van der Waals surface area contributed by atoms with Gasteiger partial charge in [-0.25, -0.2) is 8.42 Å². The number of benzene rings is 1. The molecule has 1 aliphatic heterocycles. The minimum atomic E-state index is -2.78. The van der Waals surface area contributed by atoms with Crippen molar-refractivity contribution in [2.24, 2.45) is 0 Å². The smallest absolute Gasteiger partial charge is 0.150 e. The molecule has 1 fully saturated rings. The minimum absolute atomic E-state index is 0.246. The van der Waals surface area contributed by atoms with Gasteiger partial charge in [-0.15, -0.1) is 0 Å².